The van der Waals surface area contributed by atoms with Gasteiger partial charge in [0.25, 0.3) is 0 Å². The highest BCUT2D eigenvalue weighted by atomic mass is 35.5. The van der Waals surface area contributed by atoms with Crippen LogP contribution in [-0.4, -0.2) is 73.2 Å². The molecule has 3 aliphatic rings. The maximum atomic E-state index is 13.6. The maximum Gasteiger partial charge on any atom is 0.243 e. The summed E-state index contributed by atoms with van der Waals surface area (Å²) in [5, 5.41) is 0.591. The molecule has 2 saturated carbocycles. The van der Waals surface area contributed by atoms with Gasteiger partial charge in [0, 0.05) is 50.7 Å². The molecule has 1 aromatic carbocycles. The Kier molecular flexibility index (Phi) is 7.96. The molecule has 6 nitrogen and oxygen atoms in total. The van der Waals surface area contributed by atoms with E-state index >= 15 is 0 Å². The van der Waals surface area contributed by atoms with Crippen molar-refractivity contribution in [2.75, 3.05) is 32.7 Å². The highest BCUT2D eigenvalue weighted by molar-refractivity contribution is 7.89. The monoisotopic (exact) mass is 515 g/mol. The number of hydrogen-bond donors (Lipinski definition) is 0. The van der Waals surface area contributed by atoms with E-state index in [9.17, 15) is 13.2 Å². The highest BCUT2D eigenvalue weighted by Crippen LogP contribution is 2.38. The molecule has 0 N–H and O–H groups in total. The maximum absolute atomic E-state index is 13.6. The Bertz CT molecular complexity index is 952. The van der Waals surface area contributed by atoms with Crippen LogP contribution in [-0.2, 0) is 14.8 Å². The molecular weight excluding hydrogens is 481 g/mol. The fourth-order valence-electron chi connectivity index (χ4n) is 5.10. The van der Waals surface area contributed by atoms with Gasteiger partial charge in [-0.15, -0.1) is 0 Å². The molecule has 1 saturated heterocycles. The fourth-order valence-corrected chi connectivity index (χ4v) is 7.25. The van der Waals surface area contributed by atoms with Crippen LogP contribution in [0.5, 0.6) is 0 Å². The van der Waals surface area contributed by atoms with E-state index < -0.39 is 10.0 Å². The number of amides is 1. The zero-order valence-electron chi connectivity index (χ0n) is 19.6. The average molecular weight is 517 g/mol. The number of carbonyl (C=O) groups is 1. The van der Waals surface area contributed by atoms with Crippen molar-refractivity contribution in [3.8, 4) is 0 Å². The number of nitrogens with zero attached hydrogens (tertiary/aromatic N) is 3. The van der Waals surface area contributed by atoms with E-state index in [1.54, 1.807) is 10.4 Å². The molecule has 4 rings (SSSR count). The summed E-state index contributed by atoms with van der Waals surface area (Å²) in [5.74, 6) is 0.680. The van der Waals surface area contributed by atoms with E-state index in [1.807, 2.05) is 4.90 Å². The molecular formula is C24H35Cl2N3O3S. The molecule has 2 aliphatic carbocycles. The van der Waals surface area contributed by atoms with E-state index in [0.717, 1.165) is 64.7 Å². The number of piperazine rings is 1. The quantitative estimate of drug-likeness (QED) is 0.535. The topological polar surface area (TPSA) is 60.9 Å². The van der Waals surface area contributed by atoms with Crippen molar-refractivity contribution in [2.24, 2.45) is 11.8 Å². The van der Waals surface area contributed by atoms with Crippen molar-refractivity contribution >= 4 is 39.1 Å². The van der Waals surface area contributed by atoms with E-state index in [0.29, 0.717) is 23.5 Å². The molecule has 3 fully saturated rings. The third kappa shape index (κ3) is 5.87. The minimum atomic E-state index is -3.68. The van der Waals surface area contributed by atoms with Gasteiger partial charge in [0.2, 0.25) is 15.9 Å². The lowest BCUT2D eigenvalue weighted by molar-refractivity contribution is -0.138. The minimum Gasteiger partial charge on any atom is -0.340 e. The molecule has 184 valence electrons. The molecule has 0 radical (unpaired) electrons. The normalized spacial score (nSPS) is 25.1. The van der Waals surface area contributed by atoms with Gasteiger partial charge in [0.1, 0.15) is 0 Å². The van der Waals surface area contributed by atoms with Crippen LogP contribution in [0, 0.1) is 11.8 Å². The number of halogens is 2. The Balaban J connectivity index is 1.40. The molecule has 0 spiro atoms. The van der Waals surface area contributed by atoms with Crippen LogP contribution in [0.4, 0.5) is 0 Å². The van der Waals surface area contributed by atoms with Crippen molar-refractivity contribution in [3.63, 3.8) is 0 Å². The van der Waals surface area contributed by atoms with Crippen LogP contribution in [0.25, 0.3) is 0 Å². The van der Waals surface area contributed by atoms with Gasteiger partial charge in [-0.25, -0.2) is 8.42 Å². The predicted molar refractivity (Wildman–Crippen MR) is 132 cm³/mol. The second kappa shape index (κ2) is 10.4. The lowest BCUT2D eigenvalue weighted by Crippen LogP contribution is -2.52. The first-order valence-electron chi connectivity index (χ1n) is 12.2. The standard InChI is InChI=1S/C24H35Cl2N3O3S/c1-17(2)27-11-13-28(14-12-27)24(30)19-5-7-20(8-6-19)29(16-18-3-4-18)33(31,32)21-9-10-22(25)23(26)15-21/h9-10,15,17-20H,3-8,11-14,16H2,1-2H3. The van der Waals surface area contributed by atoms with Gasteiger partial charge < -0.3 is 4.90 Å². The lowest BCUT2D eigenvalue weighted by Gasteiger charge is -2.40. The number of rotatable bonds is 7. The van der Waals surface area contributed by atoms with Gasteiger partial charge in [-0.1, -0.05) is 23.2 Å². The lowest BCUT2D eigenvalue weighted by atomic mass is 9.85. The van der Waals surface area contributed by atoms with Crippen LogP contribution in [0.15, 0.2) is 23.1 Å². The SMILES string of the molecule is CC(C)N1CCN(C(=O)C2CCC(N(CC3CC3)S(=O)(=O)c3ccc(Cl)c(Cl)c3)CC2)CC1. The second-order valence-electron chi connectivity index (χ2n) is 10.1. The molecule has 1 aliphatic heterocycles. The van der Waals surface area contributed by atoms with Gasteiger partial charge in [0.15, 0.2) is 0 Å². The molecule has 1 amide bonds. The molecule has 1 aromatic rings. The molecule has 0 atom stereocenters. The summed E-state index contributed by atoms with van der Waals surface area (Å²) in [6, 6.07) is 4.96. The van der Waals surface area contributed by atoms with Crippen LogP contribution in [0.1, 0.15) is 52.4 Å². The van der Waals surface area contributed by atoms with Crippen molar-refractivity contribution < 1.29 is 13.2 Å². The van der Waals surface area contributed by atoms with Gasteiger partial charge in [0.05, 0.1) is 14.9 Å². The molecule has 33 heavy (non-hydrogen) atoms. The van der Waals surface area contributed by atoms with Crippen LogP contribution in [0.3, 0.4) is 0 Å². The van der Waals surface area contributed by atoms with E-state index in [4.69, 9.17) is 23.2 Å². The zero-order valence-corrected chi connectivity index (χ0v) is 21.9. The summed E-state index contributed by atoms with van der Waals surface area (Å²) >= 11 is 12.1. The molecule has 1 heterocycles. The molecule has 9 heteroatoms. The molecule has 0 unspecified atom stereocenters. The highest BCUT2D eigenvalue weighted by Gasteiger charge is 2.40. The van der Waals surface area contributed by atoms with E-state index in [1.165, 1.54) is 12.1 Å². The summed E-state index contributed by atoms with van der Waals surface area (Å²) in [6.07, 6.45) is 5.07. The Morgan fingerprint density at radius 1 is 1.00 bits per heavy atom. The number of benzene rings is 1. The van der Waals surface area contributed by atoms with Gasteiger partial charge in [-0.2, -0.15) is 4.31 Å². The third-order valence-electron chi connectivity index (χ3n) is 7.44. The zero-order chi connectivity index (χ0) is 23.8. The number of hydrogen-bond acceptors (Lipinski definition) is 4. The van der Waals surface area contributed by atoms with Gasteiger partial charge >= 0.3 is 0 Å². The Hall–Kier alpha value is -0.860. The first-order valence-corrected chi connectivity index (χ1v) is 14.4. The van der Waals surface area contributed by atoms with E-state index in [-0.39, 0.29) is 27.8 Å². The van der Waals surface area contributed by atoms with E-state index in [2.05, 4.69) is 18.7 Å². The summed E-state index contributed by atoms with van der Waals surface area (Å²) < 4.78 is 28.8. The van der Waals surface area contributed by atoms with Gasteiger partial charge in [-0.3, -0.25) is 9.69 Å². The Labute approximate surface area is 208 Å². The first-order chi connectivity index (χ1) is 15.7. The number of carbonyl (C=O) groups excluding carboxylic acids is 1. The predicted octanol–water partition coefficient (Wildman–Crippen LogP) is 4.51. The minimum absolute atomic E-state index is 0.00213. The van der Waals surface area contributed by atoms with Crippen molar-refractivity contribution in [1.82, 2.24) is 14.1 Å². The molecule has 0 aromatic heterocycles. The largest absolute Gasteiger partial charge is 0.340 e. The summed E-state index contributed by atoms with van der Waals surface area (Å²) in [6.45, 7) is 8.36. The summed E-state index contributed by atoms with van der Waals surface area (Å²) in [5.41, 5.74) is 0. The van der Waals surface area contributed by atoms with Crippen LogP contribution < -0.4 is 0 Å². The van der Waals surface area contributed by atoms with Crippen molar-refractivity contribution in [3.05, 3.63) is 28.2 Å². The van der Waals surface area contributed by atoms with Crippen molar-refractivity contribution in [1.29, 1.82) is 0 Å². The Morgan fingerprint density at radius 3 is 2.18 bits per heavy atom. The Morgan fingerprint density at radius 2 is 1.64 bits per heavy atom. The average Bonchev–Trinajstić information content (AvgIpc) is 3.63. The first kappa shape index (κ1) is 25.2. The van der Waals surface area contributed by atoms with Crippen LogP contribution in [0.2, 0.25) is 10.0 Å². The smallest absolute Gasteiger partial charge is 0.243 e. The summed E-state index contributed by atoms with van der Waals surface area (Å²) in [4.78, 5) is 17.7. The summed E-state index contributed by atoms with van der Waals surface area (Å²) in [7, 11) is -3.68. The second-order valence-corrected chi connectivity index (χ2v) is 12.8. The third-order valence-corrected chi connectivity index (χ3v) is 10.1. The van der Waals surface area contributed by atoms with Crippen LogP contribution >= 0.6 is 23.2 Å². The van der Waals surface area contributed by atoms with Gasteiger partial charge in [-0.05, 0) is 76.5 Å². The number of sulfonamides is 1. The fraction of sp³-hybridized carbons (Fsp3) is 0.708. The molecule has 0 bridgehead atoms. The van der Waals surface area contributed by atoms with Crippen molar-refractivity contribution in [2.45, 2.75) is 69.4 Å².